The van der Waals surface area contributed by atoms with Gasteiger partial charge in [0.25, 0.3) is 5.09 Å². The van der Waals surface area contributed by atoms with Crippen molar-refractivity contribution >= 4 is 16.9 Å². The molecule has 0 bridgehead atoms. The fourth-order valence-electron chi connectivity index (χ4n) is 1.24. The van der Waals surface area contributed by atoms with E-state index in [1.165, 1.54) is 11.8 Å². The highest BCUT2D eigenvalue weighted by molar-refractivity contribution is 8.14. The lowest BCUT2D eigenvalue weighted by atomic mass is 10.4. The summed E-state index contributed by atoms with van der Waals surface area (Å²) in [6.07, 6.45) is 1.18. The molecule has 1 aliphatic rings. The van der Waals surface area contributed by atoms with Crippen LogP contribution in [0, 0.1) is 21.6 Å². The van der Waals surface area contributed by atoms with Crippen molar-refractivity contribution in [3.05, 3.63) is 10.1 Å². The average Bonchev–Trinajstić information content (AvgIpc) is 2.52. The lowest BCUT2D eigenvalue weighted by Crippen LogP contribution is -2.34. The number of rotatable bonds is 4. The summed E-state index contributed by atoms with van der Waals surface area (Å²) in [6.45, 7) is 2.71. The molecule has 0 aromatic rings. The summed E-state index contributed by atoms with van der Waals surface area (Å²) >= 11 is 1.46. The molecule has 1 fully saturated rings. The highest BCUT2D eigenvalue weighted by Crippen LogP contribution is 2.18. The minimum atomic E-state index is -0.811. The van der Waals surface area contributed by atoms with Crippen molar-refractivity contribution in [1.82, 2.24) is 4.90 Å². The summed E-state index contributed by atoms with van der Waals surface area (Å²) in [5, 5.41) is 18.3. The second-order valence-corrected chi connectivity index (χ2v) is 3.99. The standard InChI is InChI=1S/C7H10N4O3S/c1-6(14-11(12)13)4-10-2-3-15-7(10)9-5-8/h6H,2-4H2,1H3. The Kier molecular flexibility index (Phi) is 4.17. The zero-order valence-electron chi connectivity index (χ0n) is 8.12. The van der Waals surface area contributed by atoms with E-state index in [1.54, 1.807) is 13.1 Å². The third kappa shape index (κ3) is 3.63. The molecule has 1 aliphatic heterocycles. The molecule has 1 rings (SSSR count). The number of aliphatic imine (C=N–C) groups is 1. The Labute approximate surface area is 90.8 Å². The van der Waals surface area contributed by atoms with Crippen molar-refractivity contribution in [3.63, 3.8) is 0 Å². The largest absolute Gasteiger partial charge is 0.348 e. The van der Waals surface area contributed by atoms with Gasteiger partial charge in [-0.3, -0.25) is 0 Å². The number of thioether (sulfide) groups is 1. The number of nitrogens with zero attached hydrogens (tertiary/aromatic N) is 4. The Morgan fingerprint density at radius 2 is 2.67 bits per heavy atom. The molecule has 0 aromatic carbocycles. The molecule has 1 atom stereocenters. The van der Waals surface area contributed by atoms with Crippen LogP contribution in [0.15, 0.2) is 4.99 Å². The minimum absolute atomic E-state index is 0.370. The van der Waals surface area contributed by atoms with Crippen LogP contribution in [0.4, 0.5) is 0 Å². The highest BCUT2D eigenvalue weighted by atomic mass is 32.2. The van der Waals surface area contributed by atoms with Gasteiger partial charge in [0.2, 0.25) is 6.19 Å². The maximum Gasteiger partial charge on any atom is 0.294 e. The first kappa shape index (κ1) is 11.6. The molecular weight excluding hydrogens is 220 g/mol. The van der Waals surface area contributed by atoms with E-state index in [9.17, 15) is 10.1 Å². The van der Waals surface area contributed by atoms with Crippen molar-refractivity contribution in [3.8, 4) is 6.19 Å². The second-order valence-electron chi connectivity index (χ2n) is 2.93. The Morgan fingerprint density at radius 3 is 3.27 bits per heavy atom. The molecular formula is C7H10N4O3S. The van der Waals surface area contributed by atoms with Crippen LogP contribution in [0.3, 0.4) is 0 Å². The van der Waals surface area contributed by atoms with Crippen LogP contribution in [0.25, 0.3) is 0 Å². The van der Waals surface area contributed by atoms with E-state index in [2.05, 4.69) is 9.83 Å². The van der Waals surface area contributed by atoms with E-state index < -0.39 is 11.2 Å². The molecule has 0 amide bonds. The average molecular weight is 230 g/mol. The third-order valence-corrected chi connectivity index (χ3v) is 2.75. The van der Waals surface area contributed by atoms with Crippen LogP contribution in [-0.2, 0) is 4.84 Å². The van der Waals surface area contributed by atoms with Crippen LogP contribution in [0.5, 0.6) is 0 Å². The minimum Gasteiger partial charge on any atom is -0.348 e. The van der Waals surface area contributed by atoms with Gasteiger partial charge in [-0.25, -0.2) is 0 Å². The Bertz CT molecular complexity index is 314. The predicted octanol–water partition coefficient (Wildman–Crippen LogP) is 0.469. The summed E-state index contributed by atoms with van der Waals surface area (Å²) < 4.78 is 0. The van der Waals surface area contributed by atoms with Gasteiger partial charge in [0, 0.05) is 18.8 Å². The highest BCUT2D eigenvalue weighted by Gasteiger charge is 2.22. The van der Waals surface area contributed by atoms with E-state index in [-0.39, 0.29) is 0 Å². The smallest absolute Gasteiger partial charge is 0.294 e. The molecule has 1 unspecified atom stereocenters. The molecule has 15 heavy (non-hydrogen) atoms. The van der Waals surface area contributed by atoms with Gasteiger partial charge in [-0.2, -0.15) is 5.26 Å². The molecule has 0 radical (unpaired) electrons. The number of nitriles is 1. The lowest BCUT2D eigenvalue weighted by Gasteiger charge is -2.20. The first-order chi connectivity index (χ1) is 7.13. The van der Waals surface area contributed by atoms with E-state index in [0.717, 1.165) is 12.3 Å². The van der Waals surface area contributed by atoms with Crippen LogP contribution in [-0.4, -0.2) is 40.1 Å². The maximum atomic E-state index is 10.1. The van der Waals surface area contributed by atoms with Gasteiger partial charge in [-0.15, -0.1) is 15.1 Å². The number of hydrogen-bond donors (Lipinski definition) is 0. The fraction of sp³-hybridized carbons (Fsp3) is 0.714. The molecule has 82 valence electrons. The Morgan fingerprint density at radius 1 is 1.93 bits per heavy atom. The normalized spacial score (nSPS) is 20.0. The number of amidine groups is 1. The van der Waals surface area contributed by atoms with Crippen LogP contribution >= 0.6 is 11.8 Å². The van der Waals surface area contributed by atoms with E-state index >= 15 is 0 Å². The van der Waals surface area contributed by atoms with Crippen molar-refractivity contribution in [1.29, 1.82) is 5.26 Å². The summed E-state index contributed by atoms with van der Waals surface area (Å²) in [5.41, 5.74) is 0. The topological polar surface area (TPSA) is 91.8 Å². The fourth-order valence-corrected chi connectivity index (χ4v) is 2.19. The second kappa shape index (κ2) is 5.41. The van der Waals surface area contributed by atoms with Gasteiger partial charge >= 0.3 is 0 Å². The van der Waals surface area contributed by atoms with Crippen molar-refractivity contribution in [2.45, 2.75) is 13.0 Å². The van der Waals surface area contributed by atoms with Crippen molar-refractivity contribution < 1.29 is 9.92 Å². The SMILES string of the molecule is CC(CN1CCSC1=NC#N)O[N+](=O)[O-]. The van der Waals surface area contributed by atoms with E-state index in [0.29, 0.717) is 11.7 Å². The Hall–Kier alpha value is -1.49. The molecule has 0 aliphatic carbocycles. The van der Waals surface area contributed by atoms with Crippen molar-refractivity contribution in [2.75, 3.05) is 18.8 Å². The third-order valence-electron chi connectivity index (χ3n) is 1.75. The van der Waals surface area contributed by atoms with Gasteiger partial charge in [0.1, 0.15) is 6.10 Å². The van der Waals surface area contributed by atoms with Crippen LogP contribution in [0.1, 0.15) is 6.92 Å². The molecule has 1 saturated heterocycles. The number of hydrogen-bond acceptors (Lipinski definition) is 6. The summed E-state index contributed by atoms with van der Waals surface area (Å²) in [6, 6.07) is 0. The van der Waals surface area contributed by atoms with Crippen LogP contribution in [0.2, 0.25) is 0 Å². The summed E-state index contributed by atoms with van der Waals surface area (Å²) in [4.78, 5) is 19.9. The van der Waals surface area contributed by atoms with Crippen LogP contribution < -0.4 is 0 Å². The molecule has 0 aromatic heterocycles. The molecule has 8 heteroatoms. The first-order valence-corrected chi connectivity index (χ1v) is 5.27. The summed E-state index contributed by atoms with van der Waals surface area (Å²) in [5.74, 6) is 0.839. The molecule has 0 N–H and O–H groups in total. The zero-order valence-corrected chi connectivity index (χ0v) is 8.94. The maximum absolute atomic E-state index is 10.1. The van der Waals surface area contributed by atoms with Gasteiger partial charge < -0.3 is 9.74 Å². The van der Waals surface area contributed by atoms with E-state index in [1.807, 2.05) is 4.90 Å². The van der Waals surface area contributed by atoms with Gasteiger partial charge in [-0.1, -0.05) is 11.8 Å². The van der Waals surface area contributed by atoms with Crippen molar-refractivity contribution in [2.24, 2.45) is 4.99 Å². The Balaban J connectivity index is 2.47. The predicted molar refractivity (Wildman–Crippen MR) is 54.6 cm³/mol. The van der Waals surface area contributed by atoms with Gasteiger partial charge in [-0.05, 0) is 6.92 Å². The molecule has 0 saturated carbocycles. The van der Waals surface area contributed by atoms with E-state index in [4.69, 9.17) is 5.26 Å². The molecule has 0 spiro atoms. The monoisotopic (exact) mass is 230 g/mol. The quantitative estimate of drug-likeness (QED) is 0.396. The van der Waals surface area contributed by atoms with Gasteiger partial charge in [0.15, 0.2) is 5.17 Å². The zero-order chi connectivity index (χ0) is 11.3. The van der Waals surface area contributed by atoms with Gasteiger partial charge in [0.05, 0.1) is 0 Å². The first-order valence-electron chi connectivity index (χ1n) is 4.29. The lowest BCUT2D eigenvalue weighted by molar-refractivity contribution is -0.767. The molecule has 7 nitrogen and oxygen atoms in total. The summed E-state index contributed by atoms with van der Waals surface area (Å²) in [7, 11) is 0. The molecule has 1 heterocycles.